The molecule has 0 unspecified atom stereocenters. The van der Waals surface area contributed by atoms with E-state index in [1.54, 1.807) is 6.20 Å². The maximum atomic E-state index is 11.6. The molecule has 1 saturated carbocycles. The van der Waals surface area contributed by atoms with Gasteiger partial charge in [0.05, 0.1) is 11.9 Å². The van der Waals surface area contributed by atoms with Crippen LogP contribution in [0.3, 0.4) is 0 Å². The fraction of sp³-hybridized carbons (Fsp3) is 0.333. The average molecular weight is 310 g/mol. The van der Waals surface area contributed by atoms with E-state index in [0.717, 1.165) is 37.9 Å². The summed E-state index contributed by atoms with van der Waals surface area (Å²) in [4.78, 5) is 15.9. The smallest absolute Gasteiger partial charge is 0.320 e. The van der Waals surface area contributed by atoms with Gasteiger partial charge >= 0.3 is 6.03 Å². The minimum atomic E-state index is -0.177. The normalized spacial score (nSPS) is 13.4. The van der Waals surface area contributed by atoms with E-state index in [1.165, 1.54) is 5.56 Å². The lowest BCUT2D eigenvalue weighted by atomic mass is 10.1. The molecule has 23 heavy (non-hydrogen) atoms. The molecular weight excluding hydrogens is 288 g/mol. The van der Waals surface area contributed by atoms with Crippen molar-refractivity contribution in [2.24, 2.45) is 0 Å². The highest BCUT2D eigenvalue weighted by atomic mass is 16.2. The predicted molar refractivity (Wildman–Crippen MR) is 92.7 cm³/mol. The summed E-state index contributed by atoms with van der Waals surface area (Å²) in [6, 6.07) is 14.4. The van der Waals surface area contributed by atoms with Crippen molar-refractivity contribution in [1.29, 1.82) is 0 Å². The number of hydrogen-bond acceptors (Lipinski definition) is 3. The Labute approximate surface area is 136 Å². The van der Waals surface area contributed by atoms with Gasteiger partial charge in [0.25, 0.3) is 0 Å². The minimum Gasteiger partial charge on any atom is -0.384 e. The summed E-state index contributed by atoms with van der Waals surface area (Å²) >= 11 is 0. The van der Waals surface area contributed by atoms with Crippen molar-refractivity contribution in [1.82, 2.24) is 10.3 Å². The number of nitrogens with one attached hydrogen (secondary N) is 3. The van der Waals surface area contributed by atoms with Gasteiger partial charge in [0, 0.05) is 12.6 Å². The molecule has 3 rings (SSSR count). The summed E-state index contributed by atoms with van der Waals surface area (Å²) in [6.45, 7) is 0.894. The average Bonchev–Trinajstić information content (AvgIpc) is 3.38. The number of amides is 2. The van der Waals surface area contributed by atoms with Crippen LogP contribution in [0.2, 0.25) is 0 Å². The number of carbonyl (C=O) groups excluding carboxylic acids is 1. The first-order valence-electron chi connectivity index (χ1n) is 8.11. The van der Waals surface area contributed by atoms with E-state index in [1.807, 2.05) is 18.2 Å². The summed E-state index contributed by atoms with van der Waals surface area (Å²) < 4.78 is 0. The maximum absolute atomic E-state index is 11.6. The maximum Gasteiger partial charge on any atom is 0.320 e. The number of nitrogens with zero attached hydrogens (tertiary/aromatic N) is 1. The molecule has 0 aliphatic heterocycles. The van der Waals surface area contributed by atoms with Gasteiger partial charge in [-0.25, -0.2) is 9.78 Å². The van der Waals surface area contributed by atoms with E-state index in [0.29, 0.717) is 11.9 Å². The third-order valence-electron chi connectivity index (χ3n) is 3.73. The molecule has 3 N–H and O–H groups in total. The van der Waals surface area contributed by atoms with E-state index >= 15 is 0 Å². The van der Waals surface area contributed by atoms with E-state index < -0.39 is 0 Å². The van der Waals surface area contributed by atoms with Crippen LogP contribution >= 0.6 is 0 Å². The van der Waals surface area contributed by atoms with Crippen LogP contribution in [-0.4, -0.2) is 23.6 Å². The number of carbonyl (C=O) groups is 1. The molecule has 5 nitrogen and oxygen atoms in total. The number of benzene rings is 1. The van der Waals surface area contributed by atoms with Crippen molar-refractivity contribution in [3.8, 4) is 0 Å². The molecule has 1 heterocycles. The number of aromatic nitrogens is 1. The Kier molecular flexibility index (Phi) is 5.09. The van der Waals surface area contributed by atoms with Crippen LogP contribution in [0, 0.1) is 0 Å². The molecular formula is C18H22N4O. The number of pyridine rings is 1. The van der Waals surface area contributed by atoms with Gasteiger partial charge in [-0.05, 0) is 43.4 Å². The third-order valence-corrected chi connectivity index (χ3v) is 3.73. The van der Waals surface area contributed by atoms with E-state index in [4.69, 9.17) is 0 Å². The molecule has 5 heteroatoms. The van der Waals surface area contributed by atoms with Gasteiger partial charge in [-0.1, -0.05) is 30.3 Å². The highest BCUT2D eigenvalue weighted by Crippen LogP contribution is 2.18. The fourth-order valence-electron chi connectivity index (χ4n) is 2.31. The number of aryl methyl sites for hydroxylation is 1. The minimum absolute atomic E-state index is 0.177. The van der Waals surface area contributed by atoms with Crippen molar-refractivity contribution < 1.29 is 4.79 Å². The van der Waals surface area contributed by atoms with Crippen LogP contribution < -0.4 is 16.0 Å². The second-order valence-corrected chi connectivity index (χ2v) is 5.82. The molecule has 2 aromatic rings. The Morgan fingerprint density at radius 3 is 2.65 bits per heavy atom. The van der Waals surface area contributed by atoms with E-state index in [-0.39, 0.29) is 6.03 Å². The first kappa shape index (κ1) is 15.3. The van der Waals surface area contributed by atoms with Gasteiger partial charge in [0.2, 0.25) is 0 Å². The first-order valence-corrected chi connectivity index (χ1v) is 8.11. The Morgan fingerprint density at radius 1 is 1.13 bits per heavy atom. The summed E-state index contributed by atoms with van der Waals surface area (Å²) in [7, 11) is 0. The lowest BCUT2D eigenvalue weighted by Crippen LogP contribution is -2.30. The molecule has 0 atom stereocenters. The van der Waals surface area contributed by atoms with Crippen LogP contribution in [0.25, 0.3) is 0 Å². The van der Waals surface area contributed by atoms with Crippen molar-refractivity contribution >= 4 is 17.5 Å². The van der Waals surface area contributed by atoms with E-state index in [9.17, 15) is 4.79 Å². The SMILES string of the molecule is O=C(Nc1ccc(NCCCc2ccccc2)cn1)NC1CC1. The zero-order valence-electron chi connectivity index (χ0n) is 13.1. The Hall–Kier alpha value is -2.56. The van der Waals surface area contributed by atoms with Crippen LogP contribution in [0.4, 0.5) is 16.3 Å². The third kappa shape index (κ3) is 5.29. The lowest BCUT2D eigenvalue weighted by molar-refractivity contribution is 0.251. The van der Waals surface area contributed by atoms with Crippen molar-refractivity contribution in [3.05, 3.63) is 54.2 Å². The molecule has 1 aromatic carbocycles. The van der Waals surface area contributed by atoms with Crippen molar-refractivity contribution in [2.75, 3.05) is 17.2 Å². The molecule has 0 radical (unpaired) electrons. The van der Waals surface area contributed by atoms with Crippen LogP contribution in [0.1, 0.15) is 24.8 Å². The molecule has 0 spiro atoms. The van der Waals surface area contributed by atoms with Gasteiger partial charge in [0.1, 0.15) is 5.82 Å². The molecule has 1 aromatic heterocycles. The molecule has 0 bridgehead atoms. The van der Waals surface area contributed by atoms with E-state index in [2.05, 4.69) is 45.2 Å². The molecule has 0 saturated heterocycles. The molecule has 2 amide bonds. The highest BCUT2D eigenvalue weighted by molar-refractivity contribution is 5.88. The van der Waals surface area contributed by atoms with Crippen LogP contribution in [-0.2, 0) is 6.42 Å². The standard InChI is InChI=1S/C18H22N4O/c23-18(21-15-8-9-15)22-17-11-10-16(13-20-17)19-12-4-7-14-5-2-1-3-6-14/h1-3,5-6,10-11,13,15,19H,4,7-9,12H2,(H2,20,21,22,23). The summed E-state index contributed by atoms with van der Waals surface area (Å²) in [6.07, 6.45) is 6.02. The second kappa shape index (κ2) is 7.63. The predicted octanol–water partition coefficient (Wildman–Crippen LogP) is 3.41. The first-order chi connectivity index (χ1) is 11.3. The van der Waals surface area contributed by atoms with Crippen LogP contribution in [0.5, 0.6) is 0 Å². The molecule has 120 valence electrons. The fourth-order valence-corrected chi connectivity index (χ4v) is 2.31. The highest BCUT2D eigenvalue weighted by Gasteiger charge is 2.23. The largest absolute Gasteiger partial charge is 0.384 e. The van der Waals surface area contributed by atoms with Gasteiger partial charge in [-0.2, -0.15) is 0 Å². The number of anilines is 2. The summed E-state index contributed by atoms with van der Waals surface area (Å²) in [5.41, 5.74) is 2.32. The zero-order chi connectivity index (χ0) is 15.9. The Morgan fingerprint density at radius 2 is 1.96 bits per heavy atom. The van der Waals surface area contributed by atoms with Crippen molar-refractivity contribution in [2.45, 2.75) is 31.7 Å². The summed E-state index contributed by atoms with van der Waals surface area (Å²) in [5.74, 6) is 0.568. The Balaban J connectivity index is 1.37. The second-order valence-electron chi connectivity index (χ2n) is 5.82. The zero-order valence-corrected chi connectivity index (χ0v) is 13.1. The van der Waals surface area contributed by atoms with Gasteiger partial charge in [0.15, 0.2) is 0 Å². The number of hydrogen-bond donors (Lipinski definition) is 3. The Bertz CT molecular complexity index is 623. The number of rotatable bonds is 7. The monoisotopic (exact) mass is 310 g/mol. The molecule has 1 fully saturated rings. The summed E-state index contributed by atoms with van der Waals surface area (Å²) in [5, 5.41) is 8.96. The molecule has 1 aliphatic rings. The molecule has 1 aliphatic carbocycles. The quantitative estimate of drug-likeness (QED) is 0.687. The topological polar surface area (TPSA) is 66.0 Å². The van der Waals surface area contributed by atoms with Crippen LogP contribution in [0.15, 0.2) is 48.7 Å². The number of urea groups is 1. The van der Waals surface area contributed by atoms with Crippen molar-refractivity contribution in [3.63, 3.8) is 0 Å². The van der Waals surface area contributed by atoms with Gasteiger partial charge in [-0.15, -0.1) is 0 Å². The van der Waals surface area contributed by atoms with Gasteiger partial charge < -0.3 is 10.6 Å². The van der Waals surface area contributed by atoms with Gasteiger partial charge in [-0.3, -0.25) is 5.32 Å². The lowest BCUT2D eigenvalue weighted by Gasteiger charge is -2.08.